The molecule has 22 heavy (non-hydrogen) atoms. The Labute approximate surface area is 129 Å². The van der Waals surface area contributed by atoms with Gasteiger partial charge in [-0.1, -0.05) is 42.5 Å². The third-order valence-corrected chi connectivity index (χ3v) is 3.97. The predicted octanol–water partition coefficient (Wildman–Crippen LogP) is 4.28. The summed E-state index contributed by atoms with van der Waals surface area (Å²) >= 11 is 0. The van der Waals surface area contributed by atoms with Crippen LogP contribution < -0.4 is 0 Å². The van der Waals surface area contributed by atoms with E-state index in [1.54, 1.807) is 6.07 Å². The average molecular weight is 293 g/mol. The summed E-state index contributed by atoms with van der Waals surface area (Å²) in [6.45, 7) is 2.74. The first-order chi connectivity index (χ1) is 10.6. The van der Waals surface area contributed by atoms with Gasteiger partial charge in [0.25, 0.3) is 0 Å². The zero-order chi connectivity index (χ0) is 15.5. The maximum atomic E-state index is 11.5. The van der Waals surface area contributed by atoms with E-state index in [1.807, 2.05) is 41.8 Å². The number of nitrogens with zero attached hydrogens (tertiary/aromatic N) is 1. The van der Waals surface area contributed by atoms with Gasteiger partial charge in [0, 0.05) is 17.4 Å². The number of aromatic nitrogens is 1. The van der Waals surface area contributed by atoms with E-state index < -0.39 is 5.97 Å². The molecular weight excluding hydrogens is 274 g/mol. The van der Waals surface area contributed by atoms with Gasteiger partial charge in [0.1, 0.15) is 5.69 Å². The molecule has 0 spiro atoms. The lowest BCUT2D eigenvalue weighted by molar-refractivity contribution is 0.0685. The van der Waals surface area contributed by atoms with Crippen LogP contribution in [0.5, 0.6) is 0 Å². The van der Waals surface area contributed by atoms with Crippen molar-refractivity contribution in [1.82, 2.24) is 4.57 Å². The molecule has 1 N–H and O–H groups in total. The first kappa shape index (κ1) is 14.4. The number of hydrogen-bond donors (Lipinski definition) is 1. The number of carboxylic acid groups (broad SMARTS) is 1. The predicted molar refractivity (Wildman–Crippen MR) is 88.4 cm³/mol. The van der Waals surface area contributed by atoms with E-state index in [4.69, 9.17) is 0 Å². The molecule has 112 valence electrons. The van der Waals surface area contributed by atoms with Gasteiger partial charge in [0.2, 0.25) is 0 Å². The molecule has 3 nitrogen and oxygen atoms in total. The van der Waals surface area contributed by atoms with E-state index in [1.165, 1.54) is 5.56 Å². The first-order valence-corrected chi connectivity index (χ1v) is 7.52. The number of fused-ring (bicyclic) bond motifs is 1. The van der Waals surface area contributed by atoms with Crippen molar-refractivity contribution in [2.45, 2.75) is 26.3 Å². The number of rotatable bonds is 5. The van der Waals surface area contributed by atoms with Crippen molar-refractivity contribution in [3.05, 3.63) is 71.4 Å². The van der Waals surface area contributed by atoms with Gasteiger partial charge in [-0.3, -0.25) is 0 Å². The minimum Gasteiger partial charge on any atom is -0.477 e. The molecule has 0 unspecified atom stereocenters. The Bertz CT molecular complexity index is 803. The zero-order valence-electron chi connectivity index (χ0n) is 12.6. The Morgan fingerprint density at radius 1 is 1.09 bits per heavy atom. The van der Waals surface area contributed by atoms with Crippen molar-refractivity contribution in [1.29, 1.82) is 0 Å². The highest BCUT2D eigenvalue weighted by molar-refractivity contribution is 5.94. The van der Waals surface area contributed by atoms with Crippen molar-refractivity contribution in [2.24, 2.45) is 0 Å². The lowest BCUT2D eigenvalue weighted by Gasteiger charge is -2.09. The maximum absolute atomic E-state index is 11.5. The van der Waals surface area contributed by atoms with E-state index in [9.17, 15) is 9.90 Å². The third kappa shape index (κ3) is 2.89. The van der Waals surface area contributed by atoms with Gasteiger partial charge in [-0.25, -0.2) is 4.79 Å². The maximum Gasteiger partial charge on any atom is 0.352 e. The van der Waals surface area contributed by atoms with Gasteiger partial charge in [0.15, 0.2) is 0 Å². The Kier molecular flexibility index (Phi) is 3.96. The lowest BCUT2D eigenvalue weighted by atomic mass is 10.1. The fourth-order valence-electron chi connectivity index (χ4n) is 2.87. The number of carbonyl (C=O) groups is 1. The summed E-state index contributed by atoms with van der Waals surface area (Å²) in [5.41, 5.74) is 3.80. The van der Waals surface area contributed by atoms with Crippen LogP contribution in [0.1, 0.15) is 28.0 Å². The van der Waals surface area contributed by atoms with Crippen molar-refractivity contribution in [3.63, 3.8) is 0 Å². The summed E-state index contributed by atoms with van der Waals surface area (Å²) in [5.74, 6) is -0.867. The Hall–Kier alpha value is -2.55. The van der Waals surface area contributed by atoms with Gasteiger partial charge < -0.3 is 9.67 Å². The van der Waals surface area contributed by atoms with Gasteiger partial charge in [-0.05, 0) is 43.0 Å². The van der Waals surface area contributed by atoms with E-state index in [-0.39, 0.29) is 0 Å². The fraction of sp³-hybridized carbons (Fsp3) is 0.211. The third-order valence-electron chi connectivity index (χ3n) is 3.97. The molecule has 0 amide bonds. The molecule has 0 aliphatic rings. The van der Waals surface area contributed by atoms with Gasteiger partial charge in [-0.15, -0.1) is 0 Å². The summed E-state index contributed by atoms with van der Waals surface area (Å²) in [6, 6.07) is 18.1. The Balaban J connectivity index is 1.86. The van der Waals surface area contributed by atoms with Crippen LogP contribution in [0.3, 0.4) is 0 Å². The van der Waals surface area contributed by atoms with Crippen LogP contribution in [-0.4, -0.2) is 15.6 Å². The molecule has 0 atom stereocenters. The standard InChI is InChI=1S/C19H19NO2/c1-14-9-10-16-13-18(19(21)22)20(17(16)12-14)11-5-8-15-6-3-2-4-7-15/h2-4,6-7,9-10,12-13H,5,8,11H2,1H3,(H,21,22). The molecule has 3 aromatic rings. The summed E-state index contributed by atoms with van der Waals surface area (Å²) in [5, 5.41) is 10.4. The van der Waals surface area contributed by atoms with Crippen LogP contribution in [-0.2, 0) is 13.0 Å². The van der Waals surface area contributed by atoms with Crippen LogP contribution in [0.4, 0.5) is 0 Å². The van der Waals surface area contributed by atoms with Crippen molar-refractivity contribution in [2.75, 3.05) is 0 Å². The molecule has 0 bridgehead atoms. The highest BCUT2D eigenvalue weighted by Gasteiger charge is 2.14. The molecule has 0 aliphatic carbocycles. The molecule has 3 heteroatoms. The first-order valence-electron chi connectivity index (χ1n) is 7.52. The second kappa shape index (κ2) is 6.06. The second-order valence-electron chi connectivity index (χ2n) is 5.64. The molecule has 3 rings (SSSR count). The van der Waals surface area contributed by atoms with Gasteiger partial charge in [0.05, 0.1) is 0 Å². The SMILES string of the molecule is Cc1ccc2cc(C(=O)O)n(CCCc3ccccc3)c2c1. The molecule has 1 heterocycles. The highest BCUT2D eigenvalue weighted by Crippen LogP contribution is 2.22. The van der Waals surface area contributed by atoms with Crippen LogP contribution in [0.15, 0.2) is 54.6 Å². The fourth-order valence-corrected chi connectivity index (χ4v) is 2.87. The second-order valence-corrected chi connectivity index (χ2v) is 5.64. The summed E-state index contributed by atoms with van der Waals surface area (Å²) in [7, 11) is 0. The van der Waals surface area contributed by atoms with E-state index in [2.05, 4.69) is 18.2 Å². The van der Waals surface area contributed by atoms with E-state index in [0.29, 0.717) is 12.2 Å². The smallest absolute Gasteiger partial charge is 0.352 e. The molecule has 0 fully saturated rings. The van der Waals surface area contributed by atoms with E-state index in [0.717, 1.165) is 29.3 Å². The van der Waals surface area contributed by atoms with Crippen LogP contribution in [0.25, 0.3) is 10.9 Å². The van der Waals surface area contributed by atoms with Crippen molar-refractivity contribution >= 4 is 16.9 Å². The Morgan fingerprint density at radius 3 is 2.59 bits per heavy atom. The highest BCUT2D eigenvalue weighted by atomic mass is 16.4. The normalized spacial score (nSPS) is 11.0. The minimum absolute atomic E-state index is 0.369. The quantitative estimate of drug-likeness (QED) is 0.763. The summed E-state index contributed by atoms with van der Waals surface area (Å²) < 4.78 is 1.92. The number of hydrogen-bond acceptors (Lipinski definition) is 1. The van der Waals surface area contributed by atoms with Crippen LogP contribution in [0, 0.1) is 6.92 Å². The lowest BCUT2D eigenvalue weighted by Crippen LogP contribution is -2.09. The molecule has 0 saturated carbocycles. The monoisotopic (exact) mass is 293 g/mol. The molecule has 0 aliphatic heterocycles. The number of aromatic carboxylic acids is 1. The molecule has 2 aromatic carbocycles. The minimum atomic E-state index is -0.867. The topological polar surface area (TPSA) is 42.2 Å². The van der Waals surface area contributed by atoms with Crippen LogP contribution >= 0.6 is 0 Å². The van der Waals surface area contributed by atoms with Crippen molar-refractivity contribution < 1.29 is 9.90 Å². The molecule has 1 aromatic heterocycles. The zero-order valence-corrected chi connectivity index (χ0v) is 12.6. The summed E-state index contributed by atoms with van der Waals surface area (Å²) in [6.07, 6.45) is 1.87. The summed E-state index contributed by atoms with van der Waals surface area (Å²) in [4.78, 5) is 11.5. The van der Waals surface area contributed by atoms with E-state index >= 15 is 0 Å². The van der Waals surface area contributed by atoms with Gasteiger partial charge in [-0.2, -0.15) is 0 Å². The molecule has 0 saturated heterocycles. The molecular formula is C19H19NO2. The Morgan fingerprint density at radius 2 is 1.86 bits per heavy atom. The number of benzene rings is 2. The largest absolute Gasteiger partial charge is 0.477 e. The number of carboxylic acids is 1. The average Bonchev–Trinajstić information content (AvgIpc) is 2.87. The van der Waals surface area contributed by atoms with Crippen molar-refractivity contribution in [3.8, 4) is 0 Å². The van der Waals surface area contributed by atoms with Crippen LogP contribution in [0.2, 0.25) is 0 Å². The molecule has 0 radical (unpaired) electrons. The van der Waals surface area contributed by atoms with Gasteiger partial charge >= 0.3 is 5.97 Å². The number of aryl methyl sites for hydroxylation is 3.